The number of aromatic nitrogens is 3. The summed E-state index contributed by atoms with van der Waals surface area (Å²) in [4.78, 5) is 11.6. The van der Waals surface area contributed by atoms with Crippen molar-refractivity contribution < 1.29 is 9.47 Å². The average Bonchev–Trinajstić information content (AvgIpc) is 3.22. The van der Waals surface area contributed by atoms with E-state index in [4.69, 9.17) is 9.47 Å². The first-order chi connectivity index (χ1) is 16.2. The first kappa shape index (κ1) is 24.2. The number of ether oxygens (including phenoxy) is 2. The zero-order valence-corrected chi connectivity index (χ0v) is 19.5. The van der Waals surface area contributed by atoms with Crippen molar-refractivity contribution in [2.45, 2.75) is 46.6 Å². The standard InChI is InChI=1S/C26H31N5O2.CH4/c1-3-30-10-6-19(7-11-30)9-13-33-23-5-4-20(14-18(23)2)25-22-8-12-31(21-16-32-17-21)26(22)29-24(15-27)28-25;/h4-5,8,12,14,19,21H,3,6-7,9-11,13,16-17H2,1-2H3;1H4. The Morgan fingerprint density at radius 1 is 1.18 bits per heavy atom. The van der Waals surface area contributed by atoms with Crippen molar-refractivity contribution in [3.63, 3.8) is 0 Å². The fourth-order valence-corrected chi connectivity index (χ4v) is 4.87. The van der Waals surface area contributed by atoms with Crippen molar-refractivity contribution >= 4 is 11.0 Å². The van der Waals surface area contributed by atoms with Crippen LogP contribution >= 0.6 is 0 Å². The lowest BCUT2D eigenvalue weighted by Crippen LogP contribution is -2.33. The normalized spacial score (nSPS) is 17.2. The molecule has 0 amide bonds. The number of hydrogen-bond donors (Lipinski definition) is 0. The van der Waals surface area contributed by atoms with Crippen LogP contribution in [0.3, 0.4) is 0 Å². The van der Waals surface area contributed by atoms with E-state index in [1.165, 1.54) is 25.9 Å². The summed E-state index contributed by atoms with van der Waals surface area (Å²) < 4.78 is 13.6. The number of piperidine rings is 1. The molecule has 0 bridgehead atoms. The van der Waals surface area contributed by atoms with Crippen molar-refractivity contribution in [2.75, 3.05) is 39.5 Å². The number of hydrogen-bond acceptors (Lipinski definition) is 6. The Labute approximate surface area is 202 Å². The van der Waals surface area contributed by atoms with Gasteiger partial charge in [-0.1, -0.05) is 14.4 Å². The highest BCUT2D eigenvalue weighted by Crippen LogP contribution is 2.33. The van der Waals surface area contributed by atoms with Crippen LogP contribution < -0.4 is 4.74 Å². The van der Waals surface area contributed by atoms with Crippen LogP contribution in [0.1, 0.15) is 51.0 Å². The molecule has 34 heavy (non-hydrogen) atoms. The van der Waals surface area contributed by atoms with Crippen molar-refractivity contribution in [1.29, 1.82) is 5.26 Å². The maximum atomic E-state index is 9.51. The molecule has 2 aliphatic rings. The van der Waals surface area contributed by atoms with Gasteiger partial charge >= 0.3 is 0 Å². The Balaban J connectivity index is 0.00000274. The Kier molecular flexibility index (Phi) is 7.50. The van der Waals surface area contributed by atoms with Crippen LogP contribution in [0.25, 0.3) is 22.3 Å². The smallest absolute Gasteiger partial charge is 0.234 e. The van der Waals surface area contributed by atoms with Gasteiger partial charge in [-0.3, -0.25) is 0 Å². The van der Waals surface area contributed by atoms with Gasteiger partial charge in [-0.2, -0.15) is 5.26 Å². The SMILES string of the molecule is C.CCN1CCC(CCOc2ccc(-c3nc(C#N)nc4c3ccn4C3COC3)cc2C)CC1. The molecule has 3 aromatic rings. The van der Waals surface area contributed by atoms with E-state index in [9.17, 15) is 5.26 Å². The topological polar surface area (TPSA) is 76.2 Å². The number of likely N-dealkylation sites (tertiary alicyclic amines) is 1. The second-order valence-electron chi connectivity index (χ2n) is 9.15. The summed E-state index contributed by atoms with van der Waals surface area (Å²) in [6, 6.07) is 10.6. The van der Waals surface area contributed by atoms with Gasteiger partial charge in [0.2, 0.25) is 5.82 Å². The van der Waals surface area contributed by atoms with Crippen molar-refractivity contribution in [1.82, 2.24) is 19.4 Å². The molecule has 7 heteroatoms. The Bertz CT molecular complexity index is 1170. The van der Waals surface area contributed by atoms with Gasteiger partial charge in [0.15, 0.2) is 0 Å². The molecule has 7 nitrogen and oxygen atoms in total. The molecule has 2 saturated heterocycles. The van der Waals surface area contributed by atoms with E-state index in [0.29, 0.717) is 13.2 Å². The molecule has 1 aromatic carbocycles. The third-order valence-electron chi connectivity index (χ3n) is 7.07. The first-order valence-electron chi connectivity index (χ1n) is 12.0. The number of fused-ring (bicyclic) bond motifs is 1. The van der Waals surface area contributed by atoms with Crippen LogP contribution in [-0.2, 0) is 4.74 Å². The quantitative estimate of drug-likeness (QED) is 0.494. The maximum Gasteiger partial charge on any atom is 0.234 e. The lowest BCUT2D eigenvalue weighted by atomic mass is 9.94. The minimum absolute atomic E-state index is 0. The average molecular weight is 462 g/mol. The fraction of sp³-hybridized carbons (Fsp3) is 0.519. The lowest BCUT2D eigenvalue weighted by Gasteiger charge is -2.30. The Morgan fingerprint density at radius 2 is 1.97 bits per heavy atom. The molecule has 0 spiro atoms. The zero-order chi connectivity index (χ0) is 22.8. The van der Waals surface area contributed by atoms with E-state index < -0.39 is 0 Å². The molecule has 4 heterocycles. The van der Waals surface area contributed by atoms with E-state index in [0.717, 1.165) is 59.1 Å². The molecular formula is C27H35N5O2. The summed E-state index contributed by atoms with van der Waals surface area (Å²) >= 11 is 0. The summed E-state index contributed by atoms with van der Waals surface area (Å²) in [7, 11) is 0. The third-order valence-corrected chi connectivity index (χ3v) is 7.07. The van der Waals surface area contributed by atoms with Crippen LogP contribution in [0.15, 0.2) is 30.5 Å². The number of benzene rings is 1. The van der Waals surface area contributed by atoms with Gasteiger partial charge in [0, 0.05) is 17.1 Å². The summed E-state index contributed by atoms with van der Waals surface area (Å²) in [5, 5.41) is 10.5. The molecule has 0 radical (unpaired) electrons. The van der Waals surface area contributed by atoms with Gasteiger partial charge in [-0.05, 0) is 81.6 Å². The first-order valence-corrected chi connectivity index (χ1v) is 12.0. The molecule has 0 aliphatic carbocycles. The highest BCUT2D eigenvalue weighted by molar-refractivity contribution is 5.91. The number of rotatable bonds is 7. The van der Waals surface area contributed by atoms with Gasteiger partial charge in [-0.25, -0.2) is 9.97 Å². The molecule has 2 aliphatic heterocycles. The van der Waals surface area contributed by atoms with Gasteiger partial charge in [0.25, 0.3) is 0 Å². The van der Waals surface area contributed by atoms with Crippen LogP contribution in [0.5, 0.6) is 5.75 Å². The van der Waals surface area contributed by atoms with E-state index in [1.807, 2.05) is 24.4 Å². The molecule has 2 aromatic heterocycles. The van der Waals surface area contributed by atoms with E-state index in [-0.39, 0.29) is 19.3 Å². The highest BCUT2D eigenvalue weighted by Gasteiger charge is 2.24. The van der Waals surface area contributed by atoms with Gasteiger partial charge in [0.05, 0.1) is 31.6 Å². The van der Waals surface area contributed by atoms with E-state index in [2.05, 4.69) is 45.4 Å². The predicted octanol–water partition coefficient (Wildman–Crippen LogP) is 4.99. The number of nitriles is 1. The molecule has 0 unspecified atom stereocenters. The van der Waals surface area contributed by atoms with Gasteiger partial charge in [-0.15, -0.1) is 0 Å². The summed E-state index contributed by atoms with van der Waals surface area (Å²) in [5.74, 6) is 1.86. The second-order valence-corrected chi connectivity index (χ2v) is 9.15. The van der Waals surface area contributed by atoms with Crippen LogP contribution in [0, 0.1) is 24.2 Å². The molecule has 180 valence electrons. The van der Waals surface area contributed by atoms with Gasteiger partial charge in [0.1, 0.15) is 17.5 Å². The molecule has 0 N–H and O–H groups in total. The summed E-state index contributed by atoms with van der Waals surface area (Å²) in [6.45, 7) is 9.98. The predicted molar refractivity (Wildman–Crippen MR) is 134 cm³/mol. The fourth-order valence-electron chi connectivity index (χ4n) is 4.87. The van der Waals surface area contributed by atoms with E-state index >= 15 is 0 Å². The monoisotopic (exact) mass is 461 g/mol. The third kappa shape index (κ3) is 4.79. The molecular weight excluding hydrogens is 426 g/mol. The van der Waals surface area contributed by atoms with Crippen molar-refractivity contribution in [3.05, 3.63) is 41.9 Å². The number of aryl methyl sites for hydroxylation is 1. The molecule has 2 fully saturated rings. The minimum Gasteiger partial charge on any atom is -0.493 e. The Hall–Kier alpha value is -2.95. The summed E-state index contributed by atoms with van der Waals surface area (Å²) in [6.07, 6.45) is 5.67. The molecule has 5 rings (SSSR count). The van der Waals surface area contributed by atoms with Crippen LogP contribution in [0.2, 0.25) is 0 Å². The van der Waals surface area contributed by atoms with E-state index in [1.54, 1.807) is 0 Å². The zero-order valence-electron chi connectivity index (χ0n) is 19.5. The second kappa shape index (κ2) is 10.5. The minimum atomic E-state index is 0. The molecule has 0 saturated carbocycles. The van der Waals surface area contributed by atoms with Crippen molar-refractivity contribution in [2.24, 2.45) is 5.92 Å². The number of nitrogens with zero attached hydrogens (tertiary/aromatic N) is 5. The Morgan fingerprint density at radius 3 is 2.62 bits per heavy atom. The largest absolute Gasteiger partial charge is 0.493 e. The van der Waals surface area contributed by atoms with Gasteiger partial charge < -0.3 is 18.9 Å². The van der Waals surface area contributed by atoms with Crippen LogP contribution in [-0.4, -0.2) is 58.9 Å². The van der Waals surface area contributed by atoms with Crippen LogP contribution in [0.4, 0.5) is 0 Å². The molecule has 0 atom stereocenters. The summed E-state index contributed by atoms with van der Waals surface area (Å²) in [5.41, 5.74) is 3.62. The van der Waals surface area contributed by atoms with Crippen molar-refractivity contribution in [3.8, 4) is 23.1 Å². The highest BCUT2D eigenvalue weighted by atomic mass is 16.5. The maximum absolute atomic E-state index is 9.51. The lowest BCUT2D eigenvalue weighted by molar-refractivity contribution is -0.0216.